The van der Waals surface area contributed by atoms with E-state index in [1.54, 1.807) is 0 Å². The van der Waals surface area contributed by atoms with Gasteiger partial charge in [-0.25, -0.2) is 0 Å². The van der Waals surface area contributed by atoms with E-state index in [4.69, 9.17) is 0 Å². The fourth-order valence-corrected chi connectivity index (χ4v) is 0. The van der Waals surface area contributed by atoms with Crippen molar-refractivity contribution in [3.05, 3.63) is 0 Å². The third-order valence-corrected chi connectivity index (χ3v) is 0. The fourth-order valence-electron chi connectivity index (χ4n) is 0. The number of nitrogens with one attached hydrogen (secondary N) is 2. The van der Waals surface area contributed by atoms with Gasteiger partial charge in [-0.05, 0) is 0 Å². The SMILES string of the molecule is [Re+4].[S-]N[S-].[S-]N[S-]. The molecule has 0 fully saturated rings. The molecular formula is H2N2ReS4. The molecule has 0 saturated carbocycles. The molecular weight excluding hydrogens is 342 g/mol. The smallest absolute Gasteiger partial charge is 0.734 e. The monoisotopic (exact) mass is 345 g/mol. The Labute approximate surface area is 79.4 Å². The van der Waals surface area contributed by atoms with Crippen LogP contribution in [0.25, 0.3) is 0 Å². The summed E-state index contributed by atoms with van der Waals surface area (Å²) >= 11 is 15.8. The Balaban J connectivity index is -0.0000000400. The largest absolute Gasteiger partial charge is 4.00 e. The molecule has 0 aromatic rings. The van der Waals surface area contributed by atoms with Crippen LogP contribution < -0.4 is 8.25 Å². The zero-order chi connectivity index (χ0) is 5.41. The van der Waals surface area contributed by atoms with Crippen LogP contribution >= 0.6 is 0 Å². The Morgan fingerprint density at radius 3 is 0.714 bits per heavy atom. The summed E-state index contributed by atoms with van der Waals surface area (Å²) in [6.07, 6.45) is 0. The van der Waals surface area contributed by atoms with E-state index in [1.165, 1.54) is 0 Å². The molecule has 0 aromatic heterocycles. The molecule has 0 heterocycles. The molecule has 2 N–H and O–H groups in total. The van der Waals surface area contributed by atoms with Crippen molar-refractivity contribution < 1.29 is 20.4 Å². The predicted molar refractivity (Wildman–Crippen MR) is 35.7 cm³/mol. The van der Waals surface area contributed by atoms with Gasteiger partial charge in [0.25, 0.3) is 0 Å². The van der Waals surface area contributed by atoms with Crippen molar-refractivity contribution in [1.82, 2.24) is 8.25 Å². The molecule has 0 amide bonds. The van der Waals surface area contributed by atoms with Gasteiger partial charge in [-0.2, -0.15) is 0 Å². The molecule has 0 aliphatic rings. The molecule has 1 radical (unpaired) electrons. The van der Waals surface area contributed by atoms with Crippen LogP contribution in [0.2, 0.25) is 0 Å². The molecule has 7 heavy (non-hydrogen) atoms. The fraction of sp³-hybridized carbons (Fsp3) is 0. The molecule has 0 spiro atoms. The Morgan fingerprint density at radius 1 is 0.714 bits per heavy atom. The van der Waals surface area contributed by atoms with Gasteiger partial charge in [0.15, 0.2) is 0 Å². The summed E-state index contributed by atoms with van der Waals surface area (Å²) in [5.74, 6) is 0. The minimum Gasteiger partial charge on any atom is -0.734 e. The van der Waals surface area contributed by atoms with E-state index in [9.17, 15) is 0 Å². The maximum absolute atomic E-state index is 3.96. The van der Waals surface area contributed by atoms with Crippen LogP contribution in [0, 0.1) is 0 Å². The normalized spacial score (nSPS) is 5.14. The van der Waals surface area contributed by atoms with Crippen molar-refractivity contribution >= 4 is 51.3 Å². The van der Waals surface area contributed by atoms with Gasteiger partial charge in [-0.3, -0.25) is 0 Å². The van der Waals surface area contributed by atoms with Crippen LogP contribution in [-0.4, -0.2) is 0 Å². The van der Waals surface area contributed by atoms with E-state index in [1.807, 2.05) is 8.25 Å². The average molecular weight is 345 g/mol. The summed E-state index contributed by atoms with van der Waals surface area (Å²) in [6.45, 7) is 0. The quantitative estimate of drug-likeness (QED) is 0.547. The zero-order valence-electron chi connectivity index (χ0n) is 3.01. The maximum atomic E-state index is 3.96. The average Bonchev–Trinajstić information content (AvgIpc) is 1.39. The van der Waals surface area contributed by atoms with Crippen molar-refractivity contribution in [1.29, 1.82) is 0 Å². The van der Waals surface area contributed by atoms with Crippen LogP contribution in [0.4, 0.5) is 0 Å². The zero-order valence-corrected chi connectivity index (χ0v) is 8.99. The molecule has 0 atom stereocenters. The maximum Gasteiger partial charge on any atom is 4.00 e. The summed E-state index contributed by atoms with van der Waals surface area (Å²) < 4.78 is 3.83. The first-order valence-electron chi connectivity index (χ1n) is 0.816. The van der Waals surface area contributed by atoms with E-state index in [0.717, 1.165) is 0 Å². The second kappa shape index (κ2) is 24.5. The molecule has 0 aliphatic carbocycles. The van der Waals surface area contributed by atoms with E-state index in [-0.39, 0.29) is 20.4 Å². The standard InChI is InChI=1S/2HNS2.Re/c2*2-1-3;/h2*1H;/q2*-2;+4. The number of hydrogen-bond donors (Lipinski definition) is 2. The molecule has 0 bridgehead atoms. The summed E-state index contributed by atoms with van der Waals surface area (Å²) in [4.78, 5) is 0. The van der Waals surface area contributed by atoms with Crippen LogP contribution in [-0.2, 0) is 71.7 Å². The number of hydrogen-bond acceptors (Lipinski definition) is 6. The van der Waals surface area contributed by atoms with E-state index < -0.39 is 0 Å². The predicted octanol–water partition coefficient (Wildman–Crippen LogP) is -1.00. The first-order valence-corrected chi connectivity index (χ1v) is 2.45. The van der Waals surface area contributed by atoms with Gasteiger partial charge in [0.1, 0.15) is 0 Å². The van der Waals surface area contributed by atoms with E-state index >= 15 is 0 Å². The van der Waals surface area contributed by atoms with Crippen molar-refractivity contribution in [3.8, 4) is 0 Å². The van der Waals surface area contributed by atoms with Crippen molar-refractivity contribution in [2.45, 2.75) is 0 Å². The minimum absolute atomic E-state index is 0. The van der Waals surface area contributed by atoms with Gasteiger partial charge in [-0.15, -0.1) is 0 Å². The molecule has 0 aliphatic heterocycles. The Bertz CT molecular complexity index is 11.7. The van der Waals surface area contributed by atoms with Gasteiger partial charge >= 0.3 is 20.4 Å². The molecule has 7 heteroatoms. The molecule has 0 rings (SSSR count). The third kappa shape index (κ3) is 72.7. The van der Waals surface area contributed by atoms with Crippen LogP contribution in [0.1, 0.15) is 0 Å². The summed E-state index contributed by atoms with van der Waals surface area (Å²) in [7, 11) is 0. The van der Waals surface area contributed by atoms with Crippen LogP contribution in [0.3, 0.4) is 0 Å². The number of rotatable bonds is 0. The van der Waals surface area contributed by atoms with Gasteiger partial charge in [0.05, 0.1) is 0 Å². The van der Waals surface area contributed by atoms with Crippen molar-refractivity contribution in [3.63, 3.8) is 0 Å². The molecule has 43 valence electrons. The van der Waals surface area contributed by atoms with Gasteiger partial charge < -0.3 is 59.5 Å². The van der Waals surface area contributed by atoms with Gasteiger partial charge in [0.2, 0.25) is 0 Å². The van der Waals surface area contributed by atoms with Gasteiger partial charge in [-0.1, -0.05) is 0 Å². The summed E-state index contributed by atoms with van der Waals surface area (Å²) in [6, 6.07) is 0. The van der Waals surface area contributed by atoms with Crippen LogP contribution in [0.5, 0.6) is 0 Å². The van der Waals surface area contributed by atoms with Gasteiger partial charge in [0, 0.05) is 0 Å². The Morgan fingerprint density at radius 2 is 0.714 bits per heavy atom. The second-order valence-electron chi connectivity index (χ2n) is 0.167. The first-order chi connectivity index (χ1) is 2.83. The van der Waals surface area contributed by atoms with Crippen LogP contribution in [0.15, 0.2) is 0 Å². The third-order valence-electron chi connectivity index (χ3n) is 0. The molecule has 0 unspecified atom stereocenters. The molecule has 0 saturated heterocycles. The Hall–Kier alpha value is 1.98. The van der Waals surface area contributed by atoms with Crippen molar-refractivity contribution in [2.75, 3.05) is 0 Å². The summed E-state index contributed by atoms with van der Waals surface area (Å²) in [5, 5.41) is 0. The van der Waals surface area contributed by atoms with E-state index in [0.29, 0.717) is 0 Å². The first kappa shape index (κ1) is 16.0. The molecule has 2 nitrogen and oxygen atoms in total. The molecule has 0 aromatic carbocycles. The minimum atomic E-state index is 0. The van der Waals surface area contributed by atoms with Crippen molar-refractivity contribution in [2.24, 2.45) is 0 Å². The van der Waals surface area contributed by atoms with E-state index in [2.05, 4.69) is 51.3 Å². The summed E-state index contributed by atoms with van der Waals surface area (Å²) in [5.41, 5.74) is 0. The Kier molecular flexibility index (Phi) is 56.1. The topological polar surface area (TPSA) is 24.1 Å². The second-order valence-corrected chi connectivity index (χ2v) is 1.50.